The first-order valence-electron chi connectivity index (χ1n) is 6.71. The Morgan fingerprint density at radius 2 is 1.95 bits per heavy atom. The number of nitrogens with one attached hydrogen (secondary N) is 1. The molecule has 0 saturated carbocycles. The van der Waals surface area contributed by atoms with E-state index in [1.54, 1.807) is 0 Å². The molecule has 3 nitrogen and oxygen atoms in total. The van der Waals surface area contributed by atoms with E-state index in [1.807, 2.05) is 12.1 Å². The van der Waals surface area contributed by atoms with E-state index in [0.29, 0.717) is 17.5 Å². The van der Waals surface area contributed by atoms with Crippen molar-refractivity contribution < 1.29 is 14.6 Å². The number of benzene rings is 2. The second kappa shape index (κ2) is 3.96. The molecule has 3 N–H and O–H groups in total. The monoisotopic (exact) mass is 271 g/mol. The standard InChI is InChI=1S/C16H14FNO2/c17-13-3-1-8-6-18-7-12-9-2-4-14(19)16(20)10(9)5-11(13)15(8)12/h1-4,12,18-20H,5-7H2/t12-/m0/s1. The van der Waals surface area contributed by atoms with E-state index in [4.69, 9.17) is 0 Å². The zero-order valence-electron chi connectivity index (χ0n) is 10.8. The second-order valence-corrected chi connectivity index (χ2v) is 5.46. The van der Waals surface area contributed by atoms with Gasteiger partial charge in [-0.15, -0.1) is 0 Å². The second-order valence-electron chi connectivity index (χ2n) is 5.46. The van der Waals surface area contributed by atoms with Crippen LogP contribution in [0.1, 0.15) is 33.7 Å². The molecule has 2 aliphatic rings. The number of fused-ring (bicyclic) bond motifs is 2. The van der Waals surface area contributed by atoms with Gasteiger partial charge in [0.05, 0.1) is 0 Å². The SMILES string of the molecule is Oc1ccc2c(c1O)Cc1c(F)ccc3c1[C@H]2CNC3. The van der Waals surface area contributed by atoms with Gasteiger partial charge in [0.2, 0.25) is 0 Å². The lowest BCUT2D eigenvalue weighted by molar-refractivity contribution is 0.397. The molecule has 0 radical (unpaired) electrons. The van der Waals surface area contributed by atoms with Gasteiger partial charge in [-0.05, 0) is 34.4 Å². The molecule has 0 fully saturated rings. The van der Waals surface area contributed by atoms with Crippen molar-refractivity contribution in [3.8, 4) is 11.5 Å². The number of hydrogen-bond donors (Lipinski definition) is 3. The van der Waals surface area contributed by atoms with E-state index in [0.717, 1.165) is 29.8 Å². The summed E-state index contributed by atoms with van der Waals surface area (Å²) in [6.45, 7) is 1.47. The summed E-state index contributed by atoms with van der Waals surface area (Å²) < 4.78 is 14.1. The highest BCUT2D eigenvalue weighted by Gasteiger charge is 2.33. The highest BCUT2D eigenvalue weighted by atomic mass is 19.1. The fourth-order valence-electron chi connectivity index (χ4n) is 3.50. The third kappa shape index (κ3) is 1.42. The van der Waals surface area contributed by atoms with Gasteiger partial charge in [-0.1, -0.05) is 12.1 Å². The van der Waals surface area contributed by atoms with E-state index in [9.17, 15) is 14.6 Å². The molecule has 0 spiro atoms. The van der Waals surface area contributed by atoms with Gasteiger partial charge in [0.1, 0.15) is 5.82 Å². The predicted molar refractivity (Wildman–Crippen MR) is 72.5 cm³/mol. The topological polar surface area (TPSA) is 52.5 Å². The number of rotatable bonds is 0. The molecule has 1 aliphatic carbocycles. The average molecular weight is 271 g/mol. The zero-order valence-corrected chi connectivity index (χ0v) is 10.8. The van der Waals surface area contributed by atoms with Crippen molar-refractivity contribution in [3.05, 3.63) is 57.9 Å². The Labute approximate surface area is 115 Å². The first kappa shape index (κ1) is 11.7. The molecule has 0 saturated heterocycles. The number of phenols is 2. The van der Waals surface area contributed by atoms with Crippen LogP contribution in [0.2, 0.25) is 0 Å². The summed E-state index contributed by atoms with van der Waals surface area (Å²) in [7, 11) is 0. The number of hydrogen-bond acceptors (Lipinski definition) is 3. The number of phenolic OH excluding ortho intramolecular Hbond substituents is 2. The van der Waals surface area contributed by atoms with E-state index in [2.05, 4.69) is 5.32 Å². The van der Waals surface area contributed by atoms with Crippen molar-refractivity contribution in [2.75, 3.05) is 6.54 Å². The van der Waals surface area contributed by atoms with Crippen LogP contribution < -0.4 is 5.32 Å². The smallest absolute Gasteiger partial charge is 0.161 e. The summed E-state index contributed by atoms with van der Waals surface area (Å²) >= 11 is 0. The Hall–Kier alpha value is -2.07. The van der Waals surface area contributed by atoms with Crippen molar-refractivity contribution in [1.29, 1.82) is 0 Å². The largest absolute Gasteiger partial charge is 0.504 e. The maximum Gasteiger partial charge on any atom is 0.161 e. The normalized spacial score (nSPS) is 19.4. The first-order chi connectivity index (χ1) is 9.66. The predicted octanol–water partition coefficient (Wildman–Crippen LogP) is 2.38. The van der Waals surface area contributed by atoms with E-state index in [-0.39, 0.29) is 23.2 Å². The van der Waals surface area contributed by atoms with E-state index in [1.165, 1.54) is 12.1 Å². The van der Waals surface area contributed by atoms with E-state index >= 15 is 0 Å². The minimum absolute atomic E-state index is 0.0414. The average Bonchev–Trinajstić information content (AvgIpc) is 2.47. The van der Waals surface area contributed by atoms with Crippen LogP contribution in [0.5, 0.6) is 11.5 Å². The molecule has 0 aromatic heterocycles. The van der Waals surface area contributed by atoms with Gasteiger partial charge in [0, 0.05) is 31.0 Å². The Morgan fingerprint density at radius 3 is 2.80 bits per heavy atom. The van der Waals surface area contributed by atoms with Crippen molar-refractivity contribution in [1.82, 2.24) is 5.32 Å². The van der Waals surface area contributed by atoms with Crippen molar-refractivity contribution >= 4 is 0 Å². The van der Waals surface area contributed by atoms with Gasteiger partial charge in [-0.25, -0.2) is 4.39 Å². The molecule has 0 amide bonds. The van der Waals surface area contributed by atoms with Crippen LogP contribution in [0, 0.1) is 5.82 Å². The molecule has 2 aromatic carbocycles. The number of aromatic hydroxyl groups is 2. The van der Waals surface area contributed by atoms with Gasteiger partial charge in [-0.3, -0.25) is 0 Å². The fraction of sp³-hybridized carbons (Fsp3) is 0.250. The fourth-order valence-corrected chi connectivity index (χ4v) is 3.50. The molecule has 0 bridgehead atoms. The maximum absolute atomic E-state index is 14.1. The van der Waals surface area contributed by atoms with Crippen LogP contribution in [0.4, 0.5) is 4.39 Å². The third-order valence-electron chi connectivity index (χ3n) is 4.43. The van der Waals surface area contributed by atoms with Crippen molar-refractivity contribution in [2.24, 2.45) is 0 Å². The molecular formula is C16H14FNO2. The summed E-state index contributed by atoms with van der Waals surface area (Å²) in [5, 5.41) is 23.1. The van der Waals surface area contributed by atoms with Crippen molar-refractivity contribution in [2.45, 2.75) is 18.9 Å². The van der Waals surface area contributed by atoms with Crippen LogP contribution >= 0.6 is 0 Å². The van der Waals surface area contributed by atoms with Gasteiger partial charge < -0.3 is 15.5 Å². The van der Waals surface area contributed by atoms with Crippen LogP contribution in [-0.2, 0) is 13.0 Å². The van der Waals surface area contributed by atoms with Gasteiger partial charge in [-0.2, -0.15) is 0 Å². The molecule has 2 aromatic rings. The van der Waals surface area contributed by atoms with Crippen LogP contribution in [0.15, 0.2) is 24.3 Å². The van der Waals surface area contributed by atoms with Crippen LogP contribution in [0.25, 0.3) is 0 Å². The van der Waals surface area contributed by atoms with Gasteiger partial charge >= 0.3 is 0 Å². The molecule has 1 aliphatic heterocycles. The Bertz CT molecular complexity index is 727. The highest BCUT2D eigenvalue weighted by molar-refractivity contribution is 5.60. The third-order valence-corrected chi connectivity index (χ3v) is 4.43. The summed E-state index contributed by atoms with van der Waals surface area (Å²) in [6.07, 6.45) is 0.334. The molecule has 102 valence electrons. The summed E-state index contributed by atoms with van der Waals surface area (Å²) in [5.41, 5.74) is 4.45. The summed E-state index contributed by atoms with van der Waals surface area (Å²) in [6, 6.07) is 6.66. The lowest BCUT2D eigenvalue weighted by atomic mass is 9.74. The molecular weight excluding hydrogens is 257 g/mol. The molecule has 4 rings (SSSR count). The Morgan fingerprint density at radius 1 is 1.10 bits per heavy atom. The van der Waals surface area contributed by atoms with Gasteiger partial charge in [0.25, 0.3) is 0 Å². The molecule has 4 heteroatoms. The van der Waals surface area contributed by atoms with E-state index < -0.39 is 0 Å². The van der Waals surface area contributed by atoms with Crippen LogP contribution in [-0.4, -0.2) is 16.8 Å². The summed E-state index contributed by atoms with van der Waals surface area (Å²) in [5.74, 6) is -0.459. The quantitative estimate of drug-likeness (QED) is 0.645. The molecule has 20 heavy (non-hydrogen) atoms. The molecule has 1 atom stereocenters. The minimum Gasteiger partial charge on any atom is -0.504 e. The lowest BCUT2D eigenvalue weighted by Crippen LogP contribution is -2.32. The maximum atomic E-state index is 14.1. The lowest BCUT2D eigenvalue weighted by Gasteiger charge is -2.34. The van der Waals surface area contributed by atoms with Crippen LogP contribution in [0.3, 0.4) is 0 Å². The zero-order chi connectivity index (χ0) is 13.9. The first-order valence-corrected chi connectivity index (χ1v) is 6.71. The number of halogens is 1. The minimum atomic E-state index is -0.232. The summed E-state index contributed by atoms with van der Waals surface area (Å²) in [4.78, 5) is 0. The molecule has 0 unspecified atom stereocenters. The molecule has 1 heterocycles. The highest BCUT2D eigenvalue weighted by Crippen LogP contribution is 2.45. The van der Waals surface area contributed by atoms with Gasteiger partial charge in [0.15, 0.2) is 11.5 Å². The Balaban J connectivity index is 2.02. The van der Waals surface area contributed by atoms with Crippen molar-refractivity contribution in [3.63, 3.8) is 0 Å². The Kier molecular flexibility index (Phi) is 2.32.